The number of ether oxygens (including phenoxy) is 2. The molecule has 2 aromatic carbocycles. The SMILES string of the molecule is COc1ccc(N2CCN(C(=O)Cc3ccsc3)[C@@H](Cc3ccccc3)C2)cc1OC1CCCC1. The highest BCUT2D eigenvalue weighted by molar-refractivity contribution is 7.08. The summed E-state index contributed by atoms with van der Waals surface area (Å²) in [6.45, 7) is 2.31. The van der Waals surface area contributed by atoms with E-state index in [1.165, 1.54) is 18.4 Å². The molecule has 0 N–H and O–H groups in total. The lowest BCUT2D eigenvalue weighted by Gasteiger charge is -2.43. The van der Waals surface area contributed by atoms with Crippen LogP contribution in [0.5, 0.6) is 11.5 Å². The van der Waals surface area contributed by atoms with Crippen LogP contribution < -0.4 is 14.4 Å². The number of rotatable bonds is 8. The van der Waals surface area contributed by atoms with Crippen LogP contribution in [-0.2, 0) is 17.6 Å². The smallest absolute Gasteiger partial charge is 0.227 e. The molecule has 3 aromatic rings. The number of hydrogen-bond donors (Lipinski definition) is 0. The maximum Gasteiger partial charge on any atom is 0.227 e. The molecule has 1 aliphatic carbocycles. The van der Waals surface area contributed by atoms with Crippen molar-refractivity contribution in [2.75, 3.05) is 31.6 Å². The Bertz CT molecular complexity index is 1100. The molecule has 0 radical (unpaired) electrons. The summed E-state index contributed by atoms with van der Waals surface area (Å²) in [5.41, 5.74) is 3.49. The van der Waals surface area contributed by atoms with Crippen molar-refractivity contribution in [3.63, 3.8) is 0 Å². The summed E-state index contributed by atoms with van der Waals surface area (Å²) in [7, 11) is 1.70. The van der Waals surface area contributed by atoms with Gasteiger partial charge < -0.3 is 19.3 Å². The highest BCUT2D eigenvalue weighted by Crippen LogP contribution is 2.36. The summed E-state index contributed by atoms with van der Waals surface area (Å²) in [5, 5.41) is 4.11. The van der Waals surface area contributed by atoms with Gasteiger partial charge in [-0.15, -0.1) is 0 Å². The number of carbonyl (C=O) groups is 1. The number of anilines is 1. The molecule has 1 aliphatic heterocycles. The third kappa shape index (κ3) is 5.81. The first-order chi connectivity index (χ1) is 17.2. The van der Waals surface area contributed by atoms with Crippen LogP contribution in [0.4, 0.5) is 5.69 Å². The van der Waals surface area contributed by atoms with E-state index >= 15 is 0 Å². The minimum absolute atomic E-state index is 0.110. The molecule has 1 saturated carbocycles. The second kappa shape index (κ2) is 11.2. The maximum absolute atomic E-state index is 13.3. The van der Waals surface area contributed by atoms with Gasteiger partial charge in [0.25, 0.3) is 0 Å². The van der Waals surface area contributed by atoms with E-state index in [4.69, 9.17) is 9.47 Å². The minimum atomic E-state index is 0.110. The zero-order valence-corrected chi connectivity index (χ0v) is 21.2. The monoisotopic (exact) mass is 490 g/mol. The Labute approximate surface area is 212 Å². The van der Waals surface area contributed by atoms with Crippen molar-refractivity contribution in [1.29, 1.82) is 0 Å². The Morgan fingerprint density at radius 2 is 1.83 bits per heavy atom. The van der Waals surface area contributed by atoms with Gasteiger partial charge in [-0.3, -0.25) is 4.79 Å². The Kier molecular flexibility index (Phi) is 7.57. The van der Waals surface area contributed by atoms with Gasteiger partial charge in [-0.2, -0.15) is 11.3 Å². The van der Waals surface area contributed by atoms with Gasteiger partial charge in [0.15, 0.2) is 11.5 Å². The fourth-order valence-electron chi connectivity index (χ4n) is 5.29. The zero-order chi connectivity index (χ0) is 24.0. The number of nitrogens with zero attached hydrogens (tertiary/aromatic N) is 2. The Morgan fingerprint density at radius 3 is 2.57 bits per heavy atom. The van der Waals surface area contributed by atoms with Gasteiger partial charge in [0, 0.05) is 31.4 Å². The van der Waals surface area contributed by atoms with Crippen LogP contribution in [0.1, 0.15) is 36.8 Å². The predicted octanol–water partition coefficient (Wildman–Crippen LogP) is 5.58. The molecule has 2 fully saturated rings. The molecule has 2 aliphatic rings. The normalized spacial score (nSPS) is 18.6. The van der Waals surface area contributed by atoms with E-state index in [0.29, 0.717) is 13.0 Å². The van der Waals surface area contributed by atoms with Crippen molar-refractivity contribution in [3.8, 4) is 11.5 Å². The van der Waals surface area contributed by atoms with Crippen molar-refractivity contribution < 1.29 is 14.3 Å². The Hall–Kier alpha value is -2.99. The Balaban J connectivity index is 1.35. The number of hydrogen-bond acceptors (Lipinski definition) is 5. The molecule has 0 bridgehead atoms. The van der Waals surface area contributed by atoms with Gasteiger partial charge in [-0.25, -0.2) is 0 Å². The van der Waals surface area contributed by atoms with Crippen molar-refractivity contribution in [2.45, 2.75) is 50.7 Å². The topological polar surface area (TPSA) is 42.0 Å². The first-order valence-electron chi connectivity index (χ1n) is 12.6. The molecule has 1 aromatic heterocycles. The molecule has 5 nitrogen and oxygen atoms in total. The lowest BCUT2D eigenvalue weighted by molar-refractivity contribution is -0.133. The number of piperazine rings is 1. The molecule has 35 heavy (non-hydrogen) atoms. The molecule has 1 saturated heterocycles. The minimum Gasteiger partial charge on any atom is -0.493 e. The van der Waals surface area contributed by atoms with Crippen molar-refractivity contribution in [1.82, 2.24) is 4.90 Å². The molecule has 2 heterocycles. The molecule has 0 spiro atoms. The largest absolute Gasteiger partial charge is 0.493 e. The van der Waals surface area contributed by atoms with Crippen LogP contribution in [0, 0.1) is 0 Å². The highest BCUT2D eigenvalue weighted by atomic mass is 32.1. The van der Waals surface area contributed by atoms with Crippen LogP contribution in [0.2, 0.25) is 0 Å². The quantitative estimate of drug-likeness (QED) is 0.413. The summed E-state index contributed by atoms with van der Waals surface area (Å²) in [6.07, 6.45) is 6.26. The van der Waals surface area contributed by atoms with Gasteiger partial charge in [-0.05, 0) is 72.2 Å². The van der Waals surface area contributed by atoms with Crippen LogP contribution in [0.25, 0.3) is 0 Å². The third-order valence-electron chi connectivity index (χ3n) is 7.16. The number of benzene rings is 2. The standard InChI is InChI=1S/C29H34N2O3S/c1-33-27-12-11-24(19-28(27)34-26-9-5-6-10-26)30-14-15-31(29(32)18-23-13-16-35-21-23)25(20-30)17-22-7-3-2-4-8-22/h2-4,7-8,11-13,16,19,21,25-26H,5-6,9-10,14-15,17-18,20H2,1H3/t25-/m0/s1. The summed E-state index contributed by atoms with van der Waals surface area (Å²) in [4.78, 5) is 17.8. The molecule has 184 valence electrons. The van der Waals surface area contributed by atoms with Crippen molar-refractivity contribution in [3.05, 3.63) is 76.5 Å². The van der Waals surface area contributed by atoms with Crippen LogP contribution in [-0.4, -0.2) is 49.7 Å². The van der Waals surface area contributed by atoms with E-state index < -0.39 is 0 Å². The number of carbonyl (C=O) groups excluding carboxylic acids is 1. The lowest BCUT2D eigenvalue weighted by atomic mass is 10.0. The fraction of sp³-hybridized carbons (Fsp3) is 0.414. The van der Waals surface area contributed by atoms with Crippen LogP contribution in [0.3, 0.4) is 0 Å². The molecule has 5 rings (SSSR count). The van der Waals surface area contributed by atoms with E-state index in [9.17, 15) is 4.79 Å². The average Bonchev–Trinajstić information content (AvgIpc) is 3.59. The van der Waals surface area contributed by atoms with Crippen molar-refractivity contribution in [2.24, 2.45) is 0 Å². The van der Waals surface area contributed by atoms with E-state index in [1.807, 2.05) is 23.6 Å². The van der Waals surface area contributed by atoms with Crippen molar-refractivity contribution >= 4 is 22.9 Å². The van der Waals surface area contributed by atoms with Gasteiger partial charge >= 0.3 is 0 Å². The number of thiophene rings is 1. The predicted molar refractivity (Wildman–Crippen MR) is 142 cm³/mol. The fourth-order valence-corrected chi connectivity index (χ4v) is 5.96. The Morgan fingerprint density at radius 1 is 1.00 bits per heavy atom. The lowest BCUT2D eigenvalue weighted by Crippen LogP contribution is -2.56. The zero-order valence-electron chi connectivity index (χ0n) is 20.4. The van der Waals surface area contributed by atoms with Gasteiger partial charge in [-0.1, -0.05) is 30.3 Å². The molecule has 0 unspecified atom stereocenters. The molecular formula is C29H34N2O3S. The summed E-state index contributed by atoms with van der Waals surface area (Å²) in [5.74, 6) is 1.82. The molecule has 1 atom stereocenters. The third-order valence-corrected chi connectivity index (χ3v) is 7.89. The van der Waals surface area contributed by atoms with Crippen LogP contribution in [0.15, 0.2) is 65.4 Å². The number of methoxy groups -OCH3 is 1. The summed E-state index contributed by atoms with van der Waals surface area (Å²) < 4.78 is 12.0. The molecular weight excluding hydrogens is 456 g/mol. The van der Waals surface area contributed by atoms with Crippen LogP contribution >= 0.6 is 11.3 Å². The van der Waals surface area contributed by atoms with Gasteiger partial charge in [0.05, 0.1) is 25.7 Å². The second-order valence-electron chi connectivity index (χ2n) is 9.54. The average molecular weight is 491 g/mol. The summed E-state index contributed by atoms with van der Waals surface area (Å²) in [6, 6.07) is 18.9. The van der Waals surface area contributed by atoms with E-state index in [2.05, 4.69) is 51.6 Å². The van der Waals surface area contributed by atoms with Gasteiger partial charge in [0.2, 0.25) is 5.91 Å². The highest BCUT2D eigenvalue weighted by Gasteiger charge is 2.31. The maximum atomic E-state index is 13.3. The van der Waals surface area contributed by atoms with E-state index in [-0.39, 0.29) is 18.1 Å². The van der Waals surface area contributed by atoms with E-state index in [1.54, 1.807) is 18.4 Å². The molecule has 1 amide bonds. The van der Waals surface area contributed by atoms with E-state index in [0.717, 1.165) is 55.1 Å². The van der Waals surface area contributed by atoms with Gasteiger partial charge in [0.1, 0.15) is 0 Å². The first kappa shape index (κ1) is 23.7. The number of amides is 1. The first-order valence-corrected chi connectivity index (χ1v) is 13.6. The summed E-state index contributed by atoms with van der Waals surface area (Å²) >= 11 is 1.64. The second-order valence-corrected chi connectivity index (χ2v) is 10.3. The molecule has 6 heteroatoms.